The van der Waals surface area contributed by atoms with Crippen molar-refractivity contribution in [2.24, 2.45) is 5.92 Å². The minimum atomic E-state index is -1.58. The number of nitrogens with one attached hydrogen (secondary N) is 4. The van der Waals surface area contributed by atoms with E-state index in [0.717, 1.165) is 0 Å². The van der Waals surface area contributed by atoms with Crippen LogP contribution >= 0.6 is 0 Å². The van der Waals surface area contributed by atoms with Crippen LogP contribution in [0.3, 0.4) is 0 Å². The maximum absolute atomic E-state index is 13.2. The fourth-order valence-electron chi connectivity index (χ4n) is 4.50. The Balaban J connectivity index is 1.71. The van der Waals surface area contributed by atoms with Crippen LogP contribution in [0.4, 0.5) is 0 Å². The molecular formula is C31H37N5O10. The Morgan fingerprint density at radius 3 is 2.13 bits per heavy atom. The number of aromatic hydroxyl groups is 1. The lowest BCUT2D eigenvalue weighted by Gasteiger charge is -2.26. The maximum Gasteiger partial charge on any atom is 0.305 e. The van der Waals surface area contributed by atoms with Gasteiger partial charge in [0.05, 0.1) is 13.5 Å². The molecule has 2 aromatic carbocycles. The van der Waals surface area contributed by atoms with Crippen LogP contribution in [0.15, 0.2) is 46.9 Å². The number of aromatic nitrogens is 1. The molecule has 0 aliphatic carbocycles. The molecular weight excluding hydrogens is 602 g/mol. The van der Waals surface area contributed by atoms with Gasteiger partial charge in [0.15, 0.2) is 11.3 Å². The number of oxazole rings is 1. The largest absolute Gasteiger partial charge is 0.508 e. The van der Waals surface area contributed by atoms with Gasteiger partial charge in [-0.3, -0.25) is 28.8 Å². The summed E-state index contributed by atoms with van der Waals surface area (Å²) in [5.74, 6) is -5.59. The van der Waals surface area contributed by atoms with Crippen LogP contribution in [0.2, 0.25) is 0 Å². The van der Waals surface area contributed by atoms with E-state index in [0.29, 0.717) is 11.3 Å². The van der Waals surface area contributed by atoms with Gasteiger partial charge in [-0.25, -0.2) is 4.98 Å². The van der Waals surface area contributed by atoms with Gasteiger partial charge in [0.25, 0.3) is 5.89 Å². The molecule has 0 saturated heterocycles. The summed E-state index contributed by atoms with van der Waals surface area (Å²) in [5.41, 5.74) is 1.10. The number of hydrogen-bond donors (Lipinski definition) is 6. The summed E-state index contributed by atoms with van der Waals surface area (Å²) in [6, 6.07) is 5.81. The molecule has 4 unspecified atom stereocenters. The van der Waals surface area contributed by atoms with Crippen molar-refractivity contribution >= 4 is 46.5 Å². The lowest BCUT2D eigenvalue weighted by atomic mass is 10.0. The highest BCUT2D eigenvalue weighted by atomic mass is 16.5. The van der Waals surface area contributed by atoms with E-state index in [1.54, 1.807) is 44.2 Å². The van der Waals surface area contributed by atoms with E-state index in [4.69, 9.17) is 9.15 Å². The molecule has 0 saturated carbocycles. The van der Waals surface area contributed by atoms with Gasteiger partial charge in [0, 0.05) is 13.3 Å². The van der Waals surface area contributed by atoms with Gasteiger partial charge in [-0.1, -0.05) is 32.0 Å². The SMILES string of the molecule is COc1cccc2nc(C(=O)C(CC(=O)O)NC(=O)C(C)NC(=O)C(NC(=O)C(Cc3ccc(O)cc3)NC(C)=O)C(C)C)oc12. The molecule has 0 radical (unpaired) electrons. The molecule has 246 valence electrons. The van der Waals surface area contributed by atoms with Crippen LogP contribution in [0.1, 0.15) is 50.4 Å². The average Bonchev–Trinajstić information content (AvgIpc) is 3.43. The number of phenolic OH excluding ortho intramolecular Hbond substituents is 1. The number of ketones is 1. The zero-order valence-corrected chi connectivity index (χ0v) is 26.0. The number of nitrogens with zero attached hydrogens (tertiary/aromatic N) is 1. The first-order valence-corrected chi connectivity index (χ1v) is 14.4. The standard InChI is InChI=1S/C31H37N5O10/c1-15(2)25(36-29(43)22(33-17(4)37)13-18-9-11-19(38)12-10-18)30(44)32-16(3)28(42)34-21(14-24(39)40)26(41)31-35-20-7-6-8-23(45-5)27(20)46-31/h6-12,15-16,21-22,25,38H,13-14H2,1-5H3,(H,32,44)(H,33,37)(H,34,42)(H,36,43)(H,39,40). The third kappa shape index (κ3) is 9.27. The third-order valence-electron chi connectivity index (χ3n) is 6.89. The Morgan fingerprint density at radius 2 is 1.54 bits per heavy atom. The van der Waals surface area contributed by atoms with Gasteiger partial charge in [0.1, 0.15) is 35.4 Å². The molecule has 15 nitrogen and oxygen atoms in total. The van der Waals surface area contributed by atoms with Gasteiger partial charge < -0.3 is 40.6 Å². The summed E-state index contributed by atoms with van der Waals surface area (Å²) in [6.45, 7) is 5.90. The summed E-state index contributed by atoms with van der Waals surface area (Å²) < 4.78 is 10.7. The Morgan fingerprint density at radius 1 is 0.870 bits per heavy atom. The van der Waals surface area contributed by atoms with Crippen molar-refractivity contribution in [2.75, 3.05) is 7.11 Å². The zero-order chi connectivity index (χ0) is 34.1. The van der Waals surface area contributed by atoms with Crippen LogP contribution in [-0.4, -0.2) is 81.9 Å². The topological polar surface area (TPSA) is 226 Å². The summed E-state index contributed by atoms with van der Waals surface area (Å²) in [7, 11) is 1.40. The van der Waals surface area contributed by atoms with Gasteiger partial charge in [-0.2, -0.15) is 0 Å². The van der Waals surface area contributed by atoms with Crippen molar-refractivity contribution in [3.63, 3.8) is 0 Å². The number of carboxylic acids is 1. The normalized spacial score (nSPS) is 13.6. The fourth-order valence-corrected chi connectivity index (χ4v) is 4.50. The predicted molar refractivity (Wildman–Crippen MR) is 163 cm³/mol. The molecule has 0 aliphatic rings. The highest BCUT2D eigenvalue weighted by molar-refractivity contribution is 6.03. The highest BCUT2D eigenvalue weighted by Crippen LogP contribution is 2.26. The number of benzene rings is 2. The summed E-state index contributed by atoms with van der Waals surface area (Å²) >= 11 is 0. The van der Waals surface area contributed by atoms with Crippen molar-refractivity contribution < 1.29 is 48.1 Å². The first-order chi connectivity index (χ1) is 21.7. The maximum atomic E-state index is 13.2. The smallest absolute Gasteiger partial charge is 0.305 e. The molecule has 46 heavy (non-hydrogen) atoms. The third-order valence-corrected chi connectivity index (χ3v) is 6.89. The number of para-hydroxylation sites is 1. The molecule has 4 amide bonds. The molecule has 6 N–H and O–H groups in total. The van der Waals surface area contributed by atoms with E-state index in [1.807, 2.05) is 0 Å². The minimum Gasteiger partial charge on any atom is -0.508 e. The zero-order valence-electron chi connectivity index (χ0n) is 26.0. The molecule has 15 heteroatoms. The molecule has 1 heterocycles. The van der Waals surface area contributed by atoms with Gasteiger partial charge in [0.2, 0.25) is 29.4 Å². The number of Topliss-reactive ketones (excluding diaryl/α,β-unsaturated/α-hetero) is 1. The quantitative estimate of drug-likeness (QED) is 0.129. The fraction of sp³-hybridized carbons (Fsp3) is 0.387. The van der Waals surface area contributed by atoms with Gasteiger partial charge in [-0.05, 0) is 42.7 Å². The van der Waals surface area contributed by atoms with Crippen molar-refractivity contribution in [1.82, 2.24) is 26.3 Å². The van der Waals surface area contributed by atoms with Crippen molar-refractivity contribution in [3.8, 4) is 11.5 Å². The van der Waals surface area contributed by atoms with Crippen LogP contribution in [-0.2, 0) is 30.4 Å². The Labute approximate surface area is 264 Å². The molecule has 0 fully saturated rings. The van der Waals surface area contributed by atoms with E-state index >= 15 is 0 Å². The molecule has 4 atom stereocenters. The predicted octanol–water partition coefficient (Wildman–Crippen LogP) is 1.08. The average molecular weight is 640 g/mol. The van der Waals surface area contributed by atoms with E-state index in [9.17, 15) is 39.0 Å². The van der Waals surface area contributed by atoms with Crippen molar-refractivity contribution in [3.05, 3.63) is 53.9 Å². The summed E-state index contributed by atoms with van der Waals surface area (Å²) in [6.07, 6.45) is -0.722. The number of hydrogen-bond acceptors (Lipinski definition) is 10. The van der Waals surface area contributed by atoms with Crippen LogP contribution in [0, 0.1) is 5.92 Å². The Kier molecular flexibility index (Phi) is 11.8. The van der Waals surface area contributed by atoms with Crippen LogP contribution in [0.5, 0.6) is 11.5 Å². The summed E-state index contributed by atoms with van der Waals surface area (Å²) in [4.78, 5) is 80.1. The van der Waals surface area contributed by atoms with Gasteiger partial charge >= 0.3 is 5.97 Å². The first kappa shape index (κ1) is 35.0. The second kappa shape index (κ2) is 15.5. The lowest BCUT2D eigenvalue weighted by molar-refractivity contribution is -0.138. The minimum absolute atomic E-state index is 0.0319. The number of carbonyl (C=O) groups excluding carboxylic acids is 5. The monoisotopic (exact) mass is 639 g/mol. The number of amides is 4. The highest BCUT2D eigenvalue weighted by Gasteiger charge is 2.33. The van der Waals surface area contributed by atoms with E-state index in [1.165, 1.54) is 33.1 Å². The van der Waals surface area contributed by atoms with E-state index in [2.05, 4.69) is 26.3 Å². The molecule has 0 spiro atoms. The van der Waals surface area contributed by atoms with E-state index in [-0.39, 0.29) is 23.3 Å². The number of carboxylic acid groups (broad SMARTS) is 1. The Hall–Kier alpha value is -5.47. The second-order valence-corrected chi connectivity index (χ2v) is 10.9. The van der Waals surface area contributed by atoms with Gasteiger partial charge in [-0.15, -0.1) is 0 Å². The first-order valence-electron chi connectivity index (χ1n) is 14.4. The number of fused-ring (bicyclic) bond motifs is 1. The van der Waals surface area contributed by atoms with Crippen molar-refractivity contribution in [2.45, 2.75) is 64.7 Å². The molecule has 3 rings (SSSR count). The summed E-state index contributed by atoms with van der Waals surface area (Å²) in [5, 5.41) is 28.9. The molecule has 0 bridgehead atoms. The number of carbonyl (C=O) groups is 6. The molecule has 1 aromatic heterocycles. The van der Waals surface area contributed by atoms with E-state index < -0.39 is 77.8 Å². The Bertz CT molecular complexity index is 1600. The number of rotatable bonds is 15. The molecule has 0 aliphatic heterocycles. The number of methoxy groups -OCH3 is 1. The number of phenols is 1. The number of aliphatic carboxylic acids is 1. The lowest BCUT2D eigenvalue weighted by Crippen LogP contribution is -2.58. The second-order valence-electron chi connectivity index (χ2n) is 10.9. The van der Waals surface area contributed by atoms with Crippen LogP contribution < -0.4 is 26.0 Å². The van der Waals surface area contributed by atoms with Crippen molar-refractivity contribution in [1.29, 1.82) is 0 Å². The van der Waals surface area contributed by atoms with Crippen LogP contribution in [0.25, 0.3) is 11.1 Å². The molecule has 3 aromatic rings. The number of ether oxygens (including phenoxy) is 1.